The van der Waals surface area contributed by atoms with Crippen molar-refractivity contribution in [3.8, 4) is 11.6 Å². The summed E-state index contributed by atoms with van der Waals surface area (Å²) in [6, 6.07) is 16.5. The van der Waals surface area contributed by atoms with Crippen LogP contribution in [0.1, 0.15) is 44.0 Å². The zero-order valence-corrected chi connectivity index (χ0v) is 20.1. The van der Waals surface area contributed by atoms with Gasteiger partial charge < -0.3 is 14.8 Å². The predicted molar refractivity (Wildman–Crippen MR) is 132 cm³/mol. The van der Waals surface area contributed by atoms with Crippen molar-refractivity contribution in [3.05, 3.63) is 93.5 Å². The number of nitrogens with one attached hydrogen (secondary N) is 1. The number of aromatic nitrogens is 2. The van der Waals surface area contributed by atoms with Crippen LogP contribution in [-0.4, -0.2) is 34.4 Å². The molecule has 1 aliphatic carbocycles. The van der Waals surface area contributed by atoms with E-state index in [0.29, 0.717) is 6.54 Å². The zero-order valence-electron chi connectivity index (χ0n) is 17.9. The number of hydrogen-bond donors (Lipinski definition) is 1. The third kappa shape index (κ3) is 5.84. The molecule has 172 valence electrons. The maximum Gasteiger partial charge on any atom is 0.344 e. The molecule has 0 unspecified atom stereocenters. The number of benzene rings is 2. The summed E-state index contributed by atoms with van der Waals surface area (Å²) < 4.78 is 11.1. The Labute approximate surface area is 209 Å². The van der Waals surface area contributed by atoms with Gasteiger partial charge in [-0.15, -0.1) is 0 Å². The number of amides is 1. The molecule has 3 aromatic rings. The number of esters is 2. The summed E-state index contributed by atoms with van der Waals surface area (Å²) in [5.74, 6) is -2.35. The van der Waals surface area contributed by atoms with Gasteiger partial charge in [0, 0.05) is 29.1 Å². The summed E-state index contributed by atoms with van der Waals surface area (Å²) in [6.07, 6.45) is 5.88. The predicted octanol–water partition coefficient (Wildman–Crippen LogP) is 4.22. The van der Waals surface area contributed by atoms with Gasteiger partial charge in [0.2, 0.25) is 5.75 Å². The summed E-state index contributed by atoms with van der Waals surface area (Å²) in [7, 11) is 0. The maximum absolute atomic E-state index is 13.0. The highest BCUT2D eigenvalue weighted by Crippen LogP contribution is 2.31. The van der Waals surface area contributed by atoms with Crippen LogP contribution < -0.4 is 14.8 Å². The first-order valence-corrected chi connectivity index (χ1v) is 11.6. The average Bonchev–Trinajstić information content (AvgIpc) is 3.38. The van der Waals surface area contributed by atoms with E-state index in [9.17, 15) is 14.4 Å². The molecule has 0 saturated heterocycles. The normalized spacial score (nSPS) is 12.9. The van der Waals surface area contributed by atoms with Crippen LogP contribution in [0, 0.1) is 9.75 Å². The van der Waals surface area contributed by atoms with Crippen LogP contribution in [0.5, 0.6) is 11.6 Å². The molecule has 0 fully saturated rings. The zero-order chi connectivity index (χ0) is 23.9. The molecule has 2 aromatic carbocycles. The average molecular weight is 569 g/mol. The van der Waals surface area contributed by atoms with Gasteiger partial charge in [0.25, 0.3) is 11.8 Å². The first-order chi connectivity index (χ1) is 16.5. The summed E-state index contributed by atoms with van der Waals surface area (Å²) in [5.41, 5.74) is 0.339. The minimum Gasteiger partial charge on any atom is -0.415 e. The van der Waals surface area contributed by atoms with Gasteiger partial charge >= 0.3 is 11.9 Å². The molecule has 0 saturated carbocycles. The lowest BCUT2D eigenvalue weighted by Gasteiger charge is -2.15. The van der Waals surface area contributed by atoms with Gasteiger partial charge in [-0.25, -0.2) is 14.6 Å². The van der Waals surface area contributed by atoms with Crippen molar-refractivity contribution in [2.75, 3.05) is 6.54 Å². The van der Waals surface area contributed by atoms with Crippen LogP contribution >= 0.6 is 22.6 Å². The number of ether oxygens (including phenoxy) is 2. The van der Waals surface area contributed by atoms with E-state index in [4.69, 9.17) is 9.47 Å². The number of carbonyl (C=O) groups is 3. The summed E-state index contributed by atoms with van der Waals surface area (Å²) >= 11 is 1.81. The second-order valence-electron chi connectivity index (χ2n) is 7.51. The fourth-order valence-corrected chi connectivity index (χ4v) is 3.79. The minimum atomic E-state index is -0.739. The number of rotatable bonds is 7. The van der Waals surface area contributed by atoms with Gasteiger partial charge in [-0.05, 0) is 43.0 Å². The van der Waals surface area contributed by atoms with Crippen molar-refractivity contribution in [3.63, 3.8) is 0 Å². The third-order valence-corrected chi connectivity index (χ3v) is 5.56. The standard InChI is InChI=1S/C25H20IN3O5/c26-25-28-19(21(30)27-15-16-9-7-8-10-16)20(33-23(31)17-11-3-1-4-12-17)22(29-25)34-24(32)18-13-5-2-6-14-18/h1-8,11-14,16H,9-10,15H2,(H,27,30). The van der Waals surface area contributed by atoms with Crippen molar-refractivity contribution in [2.24, 2.45) is 5.92 Å². The summed E-state index contributed by atoms with van der Waals surface area (Å²) in [5, 5.41) is 2.83. The van der Waals surface area contributed by atoms with E-state index in [0.717, 1.165) is 12.8 Å². The highest BCUT2D eigenvalue weighted by Gasteiger charge is 2.27. The Hall–Kier alpha value is -3.60. The third-order valence-electron chi connectivity index (χ3n) is 5.08. The smallest absolute Gasteiger partial charge is 0.344 e. The van der Waals surface area contributed by atoms with E-state index in [1.54, 1.807) is 60.7 Å². The Morgan fingerprint density at radius 3 is 2.00 bits per heavy atom. The first-order valence-electron chi connectivity index (χ1n) is 10.6. The molecule has 1 amide bonds. The molecule has 0 radical (unpaired) electrons. The molecule has 1 N–H and O–H groups in total. The Balaban J connectivity index is 1.66. The lowest BCUT2D eigenvalue weighted by molar-refractivity contribution is 0.0669. The van der Waals surface area contributed by atoms with E-state index in [1.807, 2.05) is 22.6 Å². The molecule has 9 heteroatoms. The van der Waals surface area contributed by atoms with Gasteiger partial charge in [0.15, 0.2) is 9.53 Å². The molecular weight excluding hydrogens is 549 g/mol. The van der Waals surface area contributed by atoms with Gasteiger partial charge in [0.1, 0.15) is 0 Å². The van der Waals surface area contributed by atoms with Gasteiger partial charge in [0.05, 0.1) is 11.1 Å². The molecule has 34 heavy (non-hydrogen) atoms. The largest absolute Gasteiger partial charge is 0.415 e. The molecule has 0 atom stereocenters. The monoisotopic (exact) mass is 569 g/mol. The van der Waals surface area contributed by atoms with Crippen molar-refractivity contribution in [1.29, 1.82) is 0 Å². The van der Waals surface area contributed by atoms with Crippen molar-refractivity contribution < 1.29 is 23.9 Å². The van der Waals surface area contributed by atoms with Gasteiger partial charge in [-0.3, -0.25) is 4.79 Å². The van der Waals surface area contributed by atoms with Gasteiger partial charge in [-0.1, -0.05) is 48.6 Å². The SMILES string of the molecule is O=C(Oc1nc(I)nc(C(=O)NCC2CC=CC2)c1OC(=O)c1ccccc1)c1ccccc1. The van der Waals surface area contributed by atoms with Crippen molar-refractivity contribution >= 4 is 40.4 Å². The Morgan fingerprint density at radius 1 is 0.853 bits per heavy atom. The quantitative estimate of drug-likeness (QED) is 0.197. The Kier molecular flexibility index (Phi) is 7.63. The van der Waals surface area contributed by atoms with E-state index >= 15 is 0 Å². The fourth-order valence-electron chi connectivity index (χ4n) is 3.33. The van der Waals surface area contributed by atoms with E-state index < -0.39 is 17.8 Å². The van der Waals surface area contributed by atoms with E-state index in [2.05, 4.69) is 27.4 Å². The number of allylic oxidation sites excluding steroid dienone is 2. The Morgan fingerprint density at radius 2 is 1.41 bits per heavy atom. The molecular formula is C25H20IN3O5. The summed E-state index contributed by atoms with van der Waals surface area (Å²) in [6.45, 7) is 0.428. The molecule has 1 aromatic heterocycles. The van der Waals surface area contributed by atoms with Crippen LogP contribution in [0.3, 0.4) is 0 Å². The Bertz CT molecular complexity index is 1220. The van der Waals surface area contributed by atoms with Gasteiger partial charge in [-0.2, -0.15) is 4.98 Å². The minimum absolute atomic E-state index is 0.153. The van der Waals surface area contributed by atoms with Crippen LogP contribution in [0.15, 0.2) is 72.8 Å². The highest BCUT2D eigenvalue weighted by atomic mass is 127. The molecule has 8 nitrogen and oxygen atoms in total. The molecule has 0 spiro atoms. The first kappa shape index (κ1) is 23.6. The number of carbonyl (C=O) groups excluding carboxylic acids is 3. The molecule has 1 heterocycles. The highest BCUT2D eigenvalue weighted by molar-refractivity contribution is 14.1. The maximum atomic E-state index is 13.0. The summed E-state index contributed by atoms with van der Waals surface area (Å²) in [4.78, 5) is 46.8. The van der Waals surface area contributed by atoms with E-state index in [1.165, 1.54) is 0 Å². The van der Waals surface area contributed by atoms with Crippen LogP contribution in [0.25, 0.3) is 0 Å². The van der Waals surface area contributed by atoms with Crippen LogP contribution in [0.2, 0.25) is 0 Å². The topological polar surface area (TPSA) is 107 Å². The number of hydrogen-bond acceptors (Lipinski definition) is 7. The van der Waals surface area contributed by atoms with E-state index in [-0.39, 0.29) is 38.2 Å². The molecule has 1 aliphatic rings. The van der Waals surface area contributed by atoms with Crippen LogP contribution in [0.4, 0.5) is 0 Å². The van der Waals surface area contributed by atoms with Crippen LogP contribution in [-0.2, 0) is 0 Å². The lowest BCUT2D eigenvalue weighted by atomic mass is 10.1. The molecule has 0 aliphatic heterocycles. The lowest BCUT2D eigenvalue weighted by Crippen LogP contribution is -2.30. The second kappa shape index (κ2) is 11.0. The van der Waals surface area contributed by atoms with Crippen molar-refractivity contribution in [1.82, 2.24) is 15.3 Å². The number of halogens is 1. The second-order valence-corrected chi connectivity index (χ2v) is 8.47. The molecule has 4 rings (SSSR count). The number of nitrogens with zero attached hydrogens (tertiary/aromatic N) is 2. The molecule has 0 bridgehead atoms. The fraction of sp³-hybridized carbons (Fsp3) is 0.160. The van der Waals surface area contributed by atoms with Crippen molar-refractivity contribution in [2.45, 2.75) is 12.8 Å².